The van der Waals surface area contributed by atoms with E-state index >= 15 is 0 Å². The number of oxazole rings is 1. The minimum Gasteiger partial charge on any atom is -0.436 e. The molecule has 0 radical (unpaired) electrons. The van der Waals surface area contributed by atoms with Crippen LogP contribution in [0.1, 0.15) is 0 Å². The molecule has 0 bridgehead atoms. The number of hydrogen-bond donors (Lipinski definition) is 0. The number of rotatable bonds is 6. The number of benzene rings is 8. The fraction of sp³-hybridized carbons (Fsp3) is 0. The van der Waals surface area contributed by atoms with Crippen LogP contribution in [0.3, 0.4) is 0 Å². The quantitative estimate of drug-likeness (QED) is 0.171. The van der Waals surface area contributed by atoms with Gasteiger partial charge in [-0.15, -0.1) is 0 Å². The van der Waals surface area contributed by atoms with E-state index in [1.165, 1.54) is 0 Å². The molecule has 0 fully saturated rings. The molecule has 0 unspecified atom stereocenters. The lowest BCUT2D eigenvalue weighted by molar-refractivity contribution is 0.620. The third-order valence-electron chi connectivity index (χ3n) is 10.5. The summed E-state index contributed by atoms with van der Waals surface area (Å²) in [5.41, 5.74) is 11.0. The summed E-state index contributed by atoms with van der Waals surface area (Å²) >= 11 is 0. The first-order valence-corrected chi connectivity index (χ1v) is 18.6. The lowest BCUT2D eigenvalue weighted by Crippen LogP contribution is -2.00. The molecule has 0 aliphatic rings. The fourth-order valence-corrected chi connectivity index (χ4v) is 7.93. The maximum atomic E-state index is 6.28. The monoisotopic (exact) mass is 717 g/mol. The third-order valence-corrected chi connectivity index (χ3v) is 10.5. The summed E-state index contributed by atoms with van der Waals surface area (Å²) in [6.45, 7) is 0. The van der Waals surface area contributed by atoms with Crippen LogP contribution in [0.2, 0.25) is 0 Å². The van der Waals surface area contributed by atoms with E-state index in [9.17, 15) is 0 Å². The Morgan fingerprint density at radius 2 is 0.929 bits per heavy atom. The lowest BCUT2D eigenvalue weighted by atomic mass is 9.94. The van der Waals surface area contributed by atoms with Crippen molar-refractivity contribution in [2.24, 2.45) is 0 Å². The summed E-state index contributed by atoms with van der Waals surface area (Å²) in [5.74, 6) is 2.54. The van der Waals surface area contributed by atoms with Crippen molar-refractivity contribution in [2.75, 3.05) is 0 Å². The average Bonchev–Trinajstić information content (AvgIpc) is 3.86. The number of para-hydroxylation sites is 3. The van der Waals surface area contributed by atoms with Gasteiger partial charge in [0.1, 0.15) is 5.52 Å². The molecular weight excluding hydrogens is 687 g/mol. The van der Waals surface area contributed by atoms with E-state index in [2.05, 4.69) is 108 Å². The first-order valence-electron chi connectivity index (χ1n) is 18.6. The molecule has 0 atom stereocenters. The Morgan fingerprint density at radius 1 is 0.357 bits per heavy atom. The molecule has 0 spiro atoms. The zero-order chi connectivity index (χ0) is 37.0. The average molecular weight is 718 g/mol. The molecule has 3 heterocycles. The number of nitrogens with zero attached hydrogens (tertiary/aromatic N) is 5. The summed E-state index contributed by atoms with van der Waals surface area (Å²) in [4.78, 5) is 19.9. The highest BCUT2D eigenvalue weighted by Crippen LogP contribution is 2.40. The maximum Gasteiger partial charge on any atom is 0.228 e. The second-order valence-electron chi connectivity index (χ2n) is 13.8. The summed E-state index contributed by atoms with van der Waals surface area (Å²) in [5, 5.41) is 4.47. The van der Waals surface area contributed by atoms with Crippen molar-refractivity contribution in [1.29, 1.82) is 0 Å². The second kappa shape index (κ2) is 13.0. The van der Waals surface area contributed by atoms with Crippen LogP contribution in [0.15, 0.2) is 192 Å². The molecule has 0 saturated carbocycles. The van der Waals surface area contributed by atoms with Crippen molar-refractivity contribution in [3.63, 3.8) is 0 Å². The highest BCUT2D eigenvalue weighted by Gasteiger charge is 2.20. The normalized spacial score (nSPS) is 11.6. The van der Waals surface area contributed by atoms with Gasteiger partial charge in [-0.25, -0.2) is 19.9 Å². The summed E-state index contributed by atoms with van der Waals surface area (Å²) < 4.78 is 8.61. The molecule has 11 aromatic rings. The number of hydrogen-bond acceptors (Lipinski definition) is 5. The minimum absolute atomic E-state index is 0.620. The molecule has 262 valence electrons. The molecule has 0 N–H and O–H groups in total. The molecular formula is C50H31N5O. The fourth-order valence-electron chi connectivity index (χ4n) is 7.93. The Bertz CT molecular complexity index is 3150. The molecule has 0 aliphatic heterocycles. The topological polar surface area (TPSA) is 69.6 Å². The Morgan fingerprint density at radius 3 is 1.64 bits per heavy atom. The van der Waals surface area contributed by atoms with Crippen LogP contribution < -0.4 is 0 Å². The zero-order valence-electron chi connectivity index (χ0n) is 30.0. The van der Waals surface area contributed by atoms with Gasteiger partial charge in [-0.2, -0.15) is 0 Å². The summed E-state index contributed by atoms with van der Waals surface area (Å²) in [6.07, 6.45) is 0. The van der Waals surface area contributed by atoms with Crippen molar-refractivity contribution < 1.29 is 4.42 Å². The van der Waals surface area contributed by atoms with Gasteiger partial charge in [-0.05, 0) is 70.4 Å². The largest absolute Gasteiger partial charge is 0.436 e. The van der Waals surface area contributed by atoms with Gasteiger partial charge in [0.15, 0.2) is 23.1 Å². The van der Waals surface area contributed by atoms with E-state index in [4.69, 9.17) is 24.4 Å². The van der Waals surface area contributed by atoms with Gasteiger partial charge in [0.25, 0.3) is 0 Å². The molecule has 0 aliphatic carbocycles. The number of fused-ring (bicyclic) bond motifs is 5. The van der Waals surface area contributed by atoms with Crippen LogP contribution in [0.25, 0.3) is 106 Å². The van der Waals surface area contributed by atoms with Gasteiger partial charge in [0, 0.05) is 38.7 Å². The zero-order valence-corrected chi connectivity index (χ0v) is 30.0. The van der Waals surface area contributed by atoms with Gasteiger partial charge in [0.2, 0.25) is 5.89 Å². The Kier molecular flexibility index (Phi) is 7.38. The maximum absolute atomic E-state index is 6.28. The van der Waals surface area contributed by atoms with E-state index in [-0.39, 0.29) is 0 Å². The lowest BCUT2D eigenvalue weighted by Gasteiger charge is -2.14. The molecule has 0 saturated heterocycles. The molecule has 8 aromatic carbocycles. The molecule has 56 heavy (non-hydrogen) atoms. The standard InChI is InChI=1S/C50H31N5O/c1-3-14-33(15-4-1)47-52-48(34-16-5-2-6-17-34)54-49(53-47)39-31-30-36(37-18-7-8-19-38(37)39)32-26-28-35(29-27-32)55-43-23-11-9-20-40(43)46-41(21-13-24-44(46)55)50-51-42-22-10-12-25-45(42)56-50/h1-31H. The van der Waals surface area contributed by atoms with Gasteiger partial charge < -0.3 is 8.98 Å². The first kappa shape index (κ1) is 31.8. The van der Waals surface area contributed by atoms with Gasteiger partial charge in [-0.1, -0.05) is 140 Å². The van der Waals surface area contributed by atoms with Crippen LogP contribution in [-0.4, -0.2) is 24.5 Å². The smallest absolute Gasteiger partial charge is 0.228 e. The van der Waals surface area contributed by atoms with Crippen LogP contribution >= 0.6 is 0 Å². The van der Waals surface area contributed by atoms with Crippen molar-refractivity contribution in [3.05, 3.63) is 188 Å². The predicted octanol–water partition coefficient (Wildman–Crippen LogP) is 12.6. The van der Waals surface area contributed by atoms with Gasteiger partial charge in [0.05, 0.1) is 11.0 Å². The highest BCUT2D eigenvalue weighted by molar-refractivity contribution is 6.15. The molecule has 0 amide bonds. The second-order valence-corrected chi connectivity index (χ2v) is 13.8. The van der Waals surface area contributed by atoms with E-state index < -0.39 is 0 Å². The SMILES string of the molecule is c1ccc(-c2nc(-c3ccccc3)nc(-c3ccc(-c4ccc(-n5c6ccccc6c6c(-c7nc8ccccc8o7)cccc65)cc4)c4ccccc34)n2)cc1. The Hall–Kier alpha value is -7.70. The van der Waals surface area contributed by atoms with E-state index in [0.29, 0.717) is 23.4 Å². The first-order chi connectivity index (χ1) is 27.8. The minimum atomic E-state index is 0.620. The van der Waals surface area contributed by atoms with Crippen LogP contribution in [-0.2, 0) is 0 Å². The molecule has 6 nitrogen and oxygen atoms in total. The van der Waals surface area contributed by atoms with Crippen LogP contribution in [0.4, 0.5) is 0 Å². The van der Waals surface area contributed by atoms with Gasteiger partial charge in [-0.3, -0.25) is 0 Å². The molecule has 3 aromatic heterocycles. The van der Waals surface area contributed by atoms with Crippen molar-refractivity contribution in [2.45, 2.75) is 0 Å². The summed E-state index contributed by atoms with van der Waals surface area (Å²) in [7, 11) is 0. The number of aromatic nitrogens is 5. The summed E-state index contributed by atoms with van der Waals surface area (Å²) in [6, 6.07) is 64.7. The van der Waals surface area contributed by atoms with Crippen LogP contribution in [0.5, 0.6) is 0 Å². The van der Waals surface area contributed by atoms with Crippen LogP contribution in [0, 0.1) is 0 Å². The Labute approximate surface area is 322 Å². The van der Waals surface area contributed by atoms with Crippen molar-refractivity contribution >= 4 is 43.7 Å². The van der Waals surface area contributed by atoms with Gasteiger partial charge >= 0.3 is 0 Å². The Balaban J connectivity index is 1.02. The molecule has 6 heteroatoms. The van der Waals surface area contributed by atoms with E-state index in [1.807, 2.05) is 84.9 Å². The highest BCUT2D eigenvalue weighted by atomic mass is 16.3. The van der Waals surface area contributed by atoms with Crippen molar-refractivity contribution in [1.82, 2.24) is 24.5 Å². The van der Waals surface area contributed by atoms with E-state index in [1.54, 1.807) is 0 Å². The molecule has 11 rings (SSSR count). The predicted molar refractivity (Wildman–Crippen MR) is 226 cm³/mol. The third kappa shape index (κ3) is 5.27. The van der Waals surface area contributed by atoms with Crippen molar-refractivity contribution in [3.8, 4) is 62.4 Å². The van der Waals surface area contributed by atoms with E-state index in [0.717, 1.165) is 82.7 Å².